The summed E-state index contributed by atoms with van der Waals surface area (Å²) in [5.74, 6) is 3.68. The number of aromatic nitrogens is 1. The van der Waals surface area contributed by atoms with Crippen LogP contribution in [-0.4, -0.2) is 5.16 Å². The molecule has 3 aliphatic rings. The molecule has 3 fully saturated rings. The third-order valence-corrected chi connectivity index (χ3v) is 3.87. The number of rotatable bonds is 1. The quantitative estimate of drug-likeness (QED) is 0.659. The number of nitrogens with zero attached hydrogens (tertiary/aromatic N) is 1. The zero-order valence-corrected chi connectivity index (χ0v) is 7.78. The van der Waals surface area contributed by atoms with E-state index in [0.29, 0.717) is 5.92 Å². The van der Waals surface area contributed by atoms with Crippen molar-refractivity contribution in [3.63, 3.8) is 0 Å². The van der Waals surface area contributed by atoms with E-state index in [1.54, 1.807) is 6.20 Å². The molecule has 70 valence electrons. The second-order valence-corrected chi connectivity index (χ2v) is 4.54. The predicted octanol–water partition coefficient (Wildman–Crippen LogP) is 2.97. The van der Waals surface area contributed by atoms with Gasteiger partial charge in [-0.05, 0) is 31.1 Å². The SMILES string of the molecule is c1cc(C2CC3CCC2CC3)on1. The monoisotopic (exact) mass is 177 g/mol. The van der Waals surface area contributed by atoms with E-state index in [9.17, 15) is 0 Å². The lowest BCUT2D eigenvalue weighted by atomic mass is 9.64. The van der Waals surface area contributed by atoms with Crippen molar-refractivity contribution in [3.8, 4) is 0 Å². The fourth-order valence-corrected chi connectivity index (χ4v) is 3.14. The topological polar surface area (TPSA) is 26.0 Å². The molecule has 1 atom stereocenters. The van der Waals surface area contributed by atoms with Crippen LogP contribution in [-0.2, 0) is 0 Å². The minimum absolute atomic E-state index is 0.690. The minimum Gasteiger partial charge on any atom is -0.361 e. The van der Waals surface area contributed by atoms with Gasteiger partial charge < -0.3 is 4.52 Å². The van der Waals surface area contributed by atoms with Gasteiger partial charge in [-0.2, -0.15) is 0 Å². The second kappa shape index (κ2) is 2.86. The fourth-order valence-electron chi connectivity index (χ4n) is 3.14. The number of hydrogen-bond acceptors (Lipinski definition) is 2. The molecule has 0 N–H and O–H groups in total. The first kappa shape index (κ1) is 7.60. The van der Waals surface area contributed by atoms with E-state index in [-0.39, 0.29) is 0 Å². The molecule has 1 aromatic rings. The van der Waals surface area contributed by atoms with Crippen molar-refractivity contribution >= 4 is 0 Å². The Morgan fingerprint density at radius 1 is 1.23 bits per heavy atom. The third kappa shape index (κ3) is 1.19. The molecular formula is C11H15NO. The highest BCUT2D eigenvalue weighted by molar-refractivity contribution is 5.07. The summed E-state index contributed by atoms with van der Waals surface area (Å²) in [6.45, 7) is 0. The first-order chi connectivity index (χ1) is 6.43. The van der Waals surface area contributed by atoms with E-state index >= 15 is 0 Å². The van der Waals surface area contributed by atoms with Crippen LogP contribution >= 0.6 is 0 Å². The molecule has 0 aromatic carbocycles. The van der Waals surface area contributed by atoms with Crippen molar-refractivity contribution in [1.82, 2.24) is 5.16 Å². The number of hydrogen-bond donors (Lipinski definition) is 0. The molecule has 2 nitrogen and oxygen atoms in total. The van der Waals surface area contributed by atoms with Crippen molar-refractivity contribution < 1.29 is 4.52 Å². The zero-order valence-electron chi connectivity index (χ0n) is 7.78. The lowest BCUT2D eigenvalue weighted by Gasteiger charge is -2.41. The Balaban J connectivity index is 1.85. The molecule has 0 saturated heterocycles. The van der Waals surface area contributed by atoms with Gasteiger partial charge in [0.25, 0.3) is 0 Å². The Morgan fingerprint density at radius 2 is 2.08 bits per heavy atom. The highest BCUT2D eigenvalue weighted by atomic mass is 16.5. The van der Waals surface area contributed by atoms with E-state index in [1.807, 2.05) is 6.07 Å². The highest BCUT2D eigenvalue weighted by Gasteiger charge is 2.37. The van der Waals surface area contributed by atoms with E-state index in [4.69, 9.17) is 4.52 Å². The summed E-state index contributed by atoms with van der Waals surface area (Å²) in [6, 6.07) is 2.05. The van der Waals surface area contributed by atoms with E-state index in [0.717, 1.165) is 17.6 Å². The molecule has 2 bridgehead atoms. The summed E-state index contributed by atoms with van der Waals surface area (Å²) in [6.07, 6.45) is 8.86. The fraction of sp³-hybridized carbons (Fsp3) is 0.727. The van der Waals surface area contributed by atoms with Crippen LogP contribution in [0.15, 0.2) is 16.8 Å². The molecule has 0 radical (unpaired) electrons. The highest BCUT2D eigenvalue weighted by Crippen LogP contribution is 2.49. The van der Waals surface area contributed by atoms with E-state index < -0.39 is 0 Å². The van der Waals surface area contributed by atoms with Crippen LogP contribution in [0.2, 0.25) is 0 Å². The van der Waals surface area contributed by atoms with Crippen LogP contribution in [0, 0.1) is 11.8 Å². The van der Waals surface area contributed by atoms with E-state index in [2.05, 4.69) is 5.16 Å². The average molecular weight is 177 g/mol. The zero-order chi connectivity index (χ0) is 8.67. The summed E-state index contributed by atoms with van der Waals surface area (Å²) in [4.78, 5) is 0. The van der Waals surface area contributed by atoms with Crippen LogP contribution in [0.25, 0.3) is 0 Å². The lowest BCUT2D eigenvalue weighted by molar-refractivity contribution is 0.126. The van der Waals surface area contributed by atoms with Crippen molar-refractivity contribution in [1.29, 1.82) is 0 Å². The van der Waals surface area contributed by atoms with Crippen LogP contribution < -0.4 is 0 Å². The van der Waals surface area contributed by atoms with Gasteiger partial charge in [-0.25, -0.2) is 0 Å². The molecule has 2 heteroatoms. The van der Waals surface area contributed by atoms with Gasteiger partial charge >= 0.3 is 0 Å². The van der Waals surface area contributed by atoms with Crippen molar-refractivity contribution in [3.05, 3.63) is 18.0 Å². The normalized spacial score (nSPS) is 38.0. The second-order valence-electron chi connectivity index (χ2n) is 4.54. The Morgan fingerprint density at radius 3 is 2.62 bits per heavy atom. The predicted molar refractivity (Wildman–Crippen MR) is 49.3 cm³/mol. The first-order valence-electron chi connectivity index (χ1n) is 5.34. The molecule has 3 saturated carbocycles. The molecule has 1 heterocycles. The van der Waals surface area contributed by atoms with Crippen molar-refractivity contribution in [2.45, 2.75) is 38.0 Å². The molecule has 13 heavy (non-hydrogen) atoms. The summed E-state index contributed by atoms with van der Waals surface area (Å²) >= 11 is 0. The molecule has 1 unspecified atom stereocenters. The summed E-state index contributed by atoms with van der Waals surface area (Å²) in [7, 11) is 0. The largest absolute Gasteiger partial charge is 0.361 e. The molecular weight excluding hydrogens is 162 g/mol. The number of fused-ring (bicyclic) bond motifs is 3. The maximum Gasteiger partial charge on any atom is 0.140 e. The minimum atomic E-state index is 0.690. The molecule has 1 aromatic heterocycles. The Labute approximate surface area is 78.3 Å². The molecule has 0 amide bonds. The average Bonchev–Trinajstić information content (AvgIpc) is 2.72. The van der Waals surface area contributed by atoms with Crippen molar-refractivity contribution in [2.75, 3.05) is 0 Å². The first-order valence-corrected chi connectivity index (χ1v) is 5.34. The van der Waals surface area contributed by atoms with Crippen LogP contribution in [0.1, 0.15) is 43.8 Å². The Kier molecular flexibility index (Phi) is 1.67. The van der Waals surface area contributed by atoms with Crippen LogP contribution in [0.5, 0.6) is 0 Å². The Bertz CT molecular complexity index is 272. The molecule has 0 aliphatic heterocycles. The maximum absolute atomic E-state index is 5.28. The lowest BCUT2D eigenvalue weighted by Crippen LogP contribution is -2.29. The van der Waals surface area contributed by atoms with Crippen LogP contribution in [0.3, 0.4) is 0 Å². The maximum atomic E-state index is 5.28. The van der Waals surface area contributed by atoms with Crippen molar-refractivity contribution in [2.24, 2.45) is 11.8 Å². The summed E-state index contributed by atoms with van der Waals surface area (Å²) in [5, 5.41) is 3.81. The van der Waals surface area contributed by atoms with Gasteiger partial charge in [-0.3, -0.25) is 0 Å². The van der Waals surface area contributed by atoms with Crippen LogP contribution in [0.4, 0.5) is 0 Å². The summed E-state index contributed by atoms with van der Waals surface area (Å²) in [5.41, 5.74) is 0. The smallest absolute Gasteiger partial charge is 0.140 e. The standard InChI is InChI=1S/C11H15NO/c1-3-9-4-2-8(1)7-10(9)11-5-6-12-13-11/h5-6,8-10H,1-4,7H2. The molecule has 3 aliphatic carbocycles. The van der Waals surface area contributed by atoms with Gasteiger partial charge in [0.2, 0.25) is 0 Å². The summed E-state index contributed by atoms with van der Waals surface area (Å²) < 4.78 is 5.28. The molecule has 4 rings (SSSR count). The van der Waals surface area contributed by atoms with Gasteiger partial charge in [0.15, 0.2) is 0 Å². The third-order valence-electron chi connectivity index (χ3n) is 3.87. The Hall–Kier alpha value is -0.790. The van der Waals surface area contributed by atoms with Gasteiger partial charge in [-0.15, -0.1) is 0 Å². The van der Waals surface area contributed by atoms with Gasteiger partial charge in [0.05, 0.1) is 6.20 Å². The van der Waals surface area contributed by atoms with Gasteiger partial charge in [0, 0.05) is 12.0 Å². The molecule has 0 spiro atoms. The van der Waals surface area contributed by atoms with E-state index in [1.165, 1.54) is 32.1 Å². The van der Waals surface area contributed by atoms with Gasteiger partial charge in [0.1, 0.15) is 5.76 Å². The van der Waals surface area contributed by atoms with Gasteiger partial charge in [-0.1, -0.05) is 18.0 Å².